The first-order valence-electron chi connectivity index (χ1n) is 5.98. The summed E-state index contributed by atoms with van der Waals surface area (Å²) in [6, 6.07) is 0.267. The van der Waals surface area contributed by atoms with Gasteiger partial charge in [0.15, 0.2) is 0 Å². The van der Waals surface area contributed by atoms with E-state index in [0.717, 1.165) is 24.4 Å². The molecule has 0 aromatic carbocycles. The van der Waals surface area contributed by atoms with Gasteiger partial charge in [-0.3, -0.25) is 4.79 Å². The van der Waals surface area contributed by atoms with Gasteiger partial charge in [0.25, 0.3) is 5.91 Å². The van der Waals surface area contributed by atoms with Crippen LogP contribution in [0.25, 0.3) is 0 Å². The Bertz CT molecular complexity index is 368. The van der Waals surface area contributed by atoms with Crippen LogP contribution in [-0.4, -0.2) is 40.0 Å². The monoisotopic (exact) mass is 254 g/mol. The van der Waals surface area contributed by atoms with Gasteiger partial charge in [0.1, 0.15) is 4.88 Å². The first-order valence-corrected chi connectivity index (χ1v) is 6.76. The molecule has 1 amide bonds. The van der Waals surface area contributed by atoms with Crippen molar-refractivity contribution in [2.24, 2.45) is 11.7 Å². The Morgan fingerprint density at radius 1 is 1.59 bits per heavy atom. The van der Waals surface area contributed by atoms with Crippen molar-refractivity contribution in [1.82, 2.24) is 14.5 Å². The highest BCUT2D eigenvalue weighted by molar-refractivity contribution is 7.07. The predicted octanol–water partition coefficient (Wildman–Crippen LogP) is 1.13. The SMILES string of the molecule is CN(C(=O)c1cnns1)C1CCCCC1CN. The molecule has 2 rings (SSSR count). The Kier molecular flexibility index (Phi) is 4.06. The van der Waals surface area contributed by atoms with Crippen molar-refractivity contribution in [1.29, 1.82) is 0 Å². The van der Waals surface area contributed by atoms with Gasteiger partial charge in [-0.2, -0.15) is 0 Å². The summed E-state index contributed by atoms with van der Waals surface area (Å²) in [5.74, 6) is 0.448. The first kappa shape index (κ1) is 12.4. The molecule has 2 N–H and O–H groups in total. The van der Waals surface area contributed by atoms with Crippen LogP contribution in [0.3, 0.4) is 0 Å². The van der Waals surface area contributed by atoms with Crippen molar-refractivity contribution in [3.05, 3.63) is 11.1 Å². The van der Waals surface area contributed by atoms with Crippen molar-refractivity contribution in [3.8, 4) is 0 Å². The largest absolute Gasteiger partial charge is 0.338 e. The van der Waals surface area contributed by atoms with E-state index in [2.05, 4.69) is 9.59 Å². The van der Waals surface area contributed by atoms with Crippen LogP contribution in [0, 0.1) is 5.92 Å². The Labute approximate surface area is 105 Å². The fraction of sp³-hybridized carbons (Fsp3) is 0.727. The van der Waals surface area contributed by atoms with E-state index in [4.69, 9.17) is 5.73 Å². The summed E-state index contributed by atoms with van der Waals surface area (Å²) in [7, 11) is 1.86. The molecule has 94 valence electrons. The number of rotatable bonds is 3. The number of hydrogen-bond donors (Lipinski definition) is 1. The Morgan fingerprint density at radius 2 is 2.35 bits per heavy atom. The lowest BCUT2D eigenvalue weighted by molar-refractivity contribution is 0.0625. The third-order valence-electron chi connectivity index (χ3n) is 3.56. The summed E-state index contributed by atoms with van der Waals surface area (Å²) in [5, 5.41) is 3.71. The quantitative estimate of drug-likeness (QED) is 0.877. The minimum Gasteiger partial charge on any atom is -0.338 e. The van der Waals surface area contributed by atoms with E-state index in [1.807, 2.05) is 11.9 Å². The first-order chi connectivity index (χ1) is 8.24. The maximum atomic E-state index is 12.2. The maximum Gasteiger partial charge on any atom is 0.267 e. The molecule has 0 saturated heterocycles. The molecule has 0 bridgehead atoms. The van der Waals surface area contributed by atoms with E-state index in [9.17, 15) is 4.79 Å². The maximum absolute atomic E-state index is 12.2. The summed E-state index contributed by atoms with van der Waals surface area (Å²) in [4.78, 5) is 14.6. The number of aromatic nitrogens is 2. The zero-order valence-electron chi connectivity index (χ0n) is 10.0. The second-order valence-electron chi connectivity index (χ2n) is 4.55. The van der Waals surface area contributed by atoms with E-state index >= 15 is 0 Å². The molecule has 0 radical (unpaired) electrons. The molecule has 0 spiro atoms. The van der Waals surface area contributed by atoms with Crippen LogP contribution in [0.15, 0.2) is 6.20 Å². The molecule has 5 nitrogen and oxygen atoms in total. The highest BCUT2D eigenvalue weighted by atomic mass is 32.1. The summed E-state index contributed by atoms with van der Waals surface area (Å²) in [5.41, 5.74) is 5.79. The lowest BCUT2D eigenvalue weighted by Crippen LogP contribution is -2.45. The predicted molar refractivity (Wildman–Crippen MR) is 66.8 cm³/mol. The summed E-state index contributed by atoms with van der Waals surface area (Å²) >= 11 is 1.15. The molecule has 0 aliphatic heterocycles. The van der Waals surface area contributed by atoms with Gasteiger partial charge in [0, 0.05) is 13.1 Å². The number of nitrogens with two attached hydrogens (primary N) is 1. The molecule has 2 atom stereocenters. The number of hydrogen-bond acceptors (Lipinski definition) is 5. The van der Waals surface area contributed by atoms with Gasteiger partial charge in [0.05, 0.1) is 6.20 Å². The topological polar surface area (TPSA) is 72.1 Å². The van der Waals surface area contributed by atoms with E-state index in [1.165, 1.54) is 19.0 Å². The highest BCUT2D eigenvalue weighted by Gasteiger charge is 2.30. The van der Waals surface area contributed by atoms with Gasteiger partial charge in [-0.05, 0) is 36.8 Å². The van der Waals surface area contributed by atoms with Gasteiger partial charge < -0.3 is 10.6 Å². The third-order valence-corrected chi connectivity index (χ3v) is 4.21. The number of carbonyl (C=O) groups excluding carboxylic acids is 1. The molecule has 17 heavy (non-hydrogen) atoms. The Balaban J connectivity index is 2.07. The molecule has 1 fully saturated rings. The number of carbonyl (C=O) groups is 1. The van der Waals surface area contributed by atoms with E-state index < -0.39 is 0 Å². The summed E-state index contributed by atoms with van der Waals surface area (Å²) in [6.07, 6.45) is 6.11. The normalized spacial score (nSPS) is 24.6. The van der Waals surface area contributed by atoms with Crippen LogP contribution in [0.2, 0.25) is 0 Å². The van der Waals surface area contributed by atoms with Crippen LogP contribution >= 0.6 is 11.5 Å². The molecule has 1 saturated carbocycles. The van der Waals surface area contributed by atoms with Gasteiger partial charge >= 0.3 is 0 Å². The minimum atomic E-state index is 0.0188. The van der Waals surface area contributed by atoms with Gasteiger partial charge in [0.2, 0.25) is 0 Å². The third kappa shape index (κ3) is 2.63. The molecular formula is C11H18N4OS. The summed E-state index contributed by atoms with van der Waals surface area (Å²) < 4.78 is 3.73. The van der Waals surface area contributed by atoms with Crippen LogP contribution in [-0.2, 0) is 0 Å². The molecule has 1 aromatic rings. The Hall–Kier alpha value is -1.01. The molecule has 1 heterocycles. The second kappa shape index (κ2) is 5.55. The van der Waals surface area contributed by atoms with Gasteiger partial charge in [-0.15, -0.1) is 5.10 Å². The average Bonchev–Trinajstić information content (AvgIpc) is 2.90. The van der Waals surface area contributed by atoms with Gasteiger partial charge in [-0.25, -0.2) is 0 Å². The number of nitrogens with zero attached hydrogens (tertiary/aromatic N) is 3. The minimum absolute atomic E-state index is 0.0188. The molecule has 1 aromatic heterocycles. The highest BCUT2D eigenvalue weighted by Crippen LogP contribution is 2.28. The fourth-order valence-corrected chi connectivity index (χ4v) is 3.06. The zero-order valence-corrected chi connectivity index (χ0v) is 10.8. The fourth-order valence-electron chi connectivity index (χ4n) is 2.56. The van der Waals surface area contributed by atoms with Crippen molar-refractivity contribution < 1.29 is 4.79 Å². The Morgan fingerprint density at radius 3 is 3.00 bits per heavy atom. The lowest BCUT2D eigenvalue weighted by Gasteiger charge is -2.37. The van der Waals surface area contributed by atoms with Crippen LogP contribution in [0.4, 0.5) is 0 Å². The van der Waals surface area contributed by atoms with Crippen molar-refractivity contribution in [3.63, 3.8) is 0 Å². The molecule has 2 unspecified atom stereocenters. The zero-order chi connectivity index (χ0) is 12.3. The van der Waals surface area contributed by atoms with Crippen LogP contribution < -0.4 is 5.73 Å². The lowest BCUT2D eigenvalue weighted by atomic mass is 9.83. The van der Waals surface area contributed by atoms with Crippen molar-refractivity contribution >= 4 is 17.4 Å². The van der Waals surface area contributed by atoms with E-state index in [-0.39, 0.29) is 11.9 Å². The van der Waals surface area contributed by atoms with E-state index in [0.29, 0.717) is 17.3 Å². The number of amides is 1. The molecule has 6 heteroatoms. The van der Waals surface area contributed by atoms with Crippen LogP contribution in [0.1, 0.15) is 35.4 Å². The average molecular weight is 254 g/mol. The van der Waals surface area contributed by atoms with Crippen molar-refractivity contribution in [2.75, 3.05) is 13.6 Å². The molecule has 1 aliphatic carbocycles. The summed E-state index contributed by atoms with van der Waals surface area (Å²) in [6.45, 7) is 0.656. The second-order valence-corrected chi connectivity index (χ2v) is 5.33. The van der Waals surface area contributed by atoms with Gasteiger partial charge in [-0.1, -0.05) is 17.3 Å². The molecule has 1 aliphatic rings. The molecular weight excluding hydrogens is 236 g/mol. The standard InChI is InChI=1S/C11H18N4OS/c1-15(11(16)10-7-13-14-17-10)9-5-3-2-4-8(9)6-12/h7-9H,2-6,12H2,1H3. The van der Waals surface area contributed by atoms with E-state index in [1.54, 1.807) is 0 Å². The van der Waals surface area contributed by atoms with Crippen LogP contribution in [0.5, 0.6) is 0 Å². The smallest absolute Gasteiger partial charge is 0.267 e. The van der Waals surface area contributed by atoms with Crippen molar-refractivity contribution in [2.45, 2.75) is 31.7 Å².